The fraction of sp³-hybridized carbons (Fsp3) is 0.409. The summed E-state index contributed by atoms with van der Waals surface area (Å²) in [5, 5.41) is 4.81. The van der Waals surface area contributed by atoms with Gasteiger partial charge in [0.2, 0.25) is 0 Å². The average Bonchev–Trinajstić information content (AvgIpc) is 3.11. The van der Waals surface area contributed by atoms with Crippen LogP contribution in [0.3, 0.4) is 0 Å². The summed E-state index contributed by atoms with van der Waals surface area (Å²) in [5.41, 5.74) is 2.99. The number of aryl methyl sites for hydroxylation is 2. The summed E-state index contributed by atoms with van der Waals surface area (Å²) < 4.78 is 8.47. The standard InChI is InChI=1S/C22H28N2O/c1-3-4-8-15-24-16-12-21(23-24)22(13-6-5-7-14-22)25-18-20-11-9-10-19(2)17-20/h5-7,9-13,16-17H,3-4,8,14-15,18H2,1-2H3. The molecule has 0 saturated heterocycles. The minimum atomic E-state index is -0.464. The van der Waals surface area contributed by atoms with Crippen LogP contribution in [0, 0.1) is 6.92 Å². The number of benzene rings is 1. The Morgan fingerprint density at radius 2 is 2.12 bits per heavy atom. The van der Waals surface area contributed by atoms with E-state index in [1.54, 1.807) is 0 Å². The largest absolute Gasteiger partial charge is 0.359 e. The highest BCUT2D eigenvalue weighted by atomic mass is 16.5. The fourth-order valence-corrected chi connectivity index (χ4v) is 3.22. The lowest BCUT2D eigenvalue weighted by atomic mass is 9.91. The molecule has 2 aromatic rings. The van der Waals surface area contributed by atoms with E-state index < -0.39 is 5.60 Å². The Labute approximate surface area is 151 Å². The maximum absolute atomic E-state index is 6.42. The zero-order chi connectivity index (χ0) is 17.5. The van der Waals surface area contributed by atoms with Crippen molar-refractivity contribution in [3.8, 4) is 0 Å². The topological polar surface area (TPSA) is 27.1 Å². The zero-order valence-corrected chi connectivity index (χ0v) is 15.3. The molecule has 1 aromatic heterocycles. The van der Waals surface area contributed by atoms with Crippen LogP contribution in [-0.4, -0.2) is 9.78 Å². The van der Waals surface area contributed by atoms with Crippen LogP contribution >= 0.6 is 0 Å². The number of allylic oxidation sites excluding steroid dienone is 2. The molecule has 1 aromatic carbocycles. The second kappa shape index (κ2) is 8.30. The summed E-state index contributed by atoms with van der Waals surface area (Å²) in [6.07, 6.45) is 15.0. The third-order valence-corrected chi connectivity index (χ3v) is 4.68. The number of ether oxygens (including phenoxy) is 1. The van der Waals surface area contributed by atoms with E-state index in [0.717, 1.165) is 18.7 Å². The third kappa shape index (κ3) is 4.49. The number of aromatic nitrogens is 2. The van der Waals surface area contributed by atoms with Crippen molar-refractivity contribution >= 4 is 0 Å². The van der Waals surface area contributed by atoms with Gasteiger partial charge in [-0.3, -0.25) is 4.68 Å². The Balaban J connectivity index is 1.75. The summed E-state index contributed by atoms with van der Waals surface area (Å²) in [4.78, 5) is 0. The Kier molecular flexibility index (Phi) is 5.87. The van der Waals surface area contributed by atoms with Gasteiger partial charge in [0.25, 0.3) is 0 Å². The van der Waals surface area contributed by atoms with Crippen LogP contribution < -0.4 is 0 Å². The second-order valence-electron chi connectivity index (χ2n) is 6.83. The number of hydrogen-bond acceptors (Lipinski definition) is 2. The molecular weight excluding hydrogens is 308 g/mol. The highest BCUT2D eigenvalue weighted by Crippen LogP contribution is 2.34. The van der Waals surface area contributed by atoms with Gasteiger partial charge >= 0.3 is 0 Å². The Hall–Kier alpha value is -2.13. The van der Waals surface area contributed by atoms with Gasteiger partial charge < -0.3 is 4.74 Å². The molecule has 0 N–H and O–H groups in total. The quantitative estimate of drug-likeness (QED) is 0.611. The van der Waals surface area contributed by atoms with E-state index in [4.69, 9.17) is 9.84 Å². The van der Waals surface area contributed by atoms with E-state index in [0.29, 0.717) is 6.61 Å². The molecule has 3 nitrogen and oxygen atoms in total. The number of rotatable bonds is 8. The average molecular weight is 336 g/mol. The van der Waals surface area contributed by atoms with Crippen LogP contribution in [0.1, 0.15) is 49.4 Å². The first-order valence-corrected chi connectivity index (χ1v) is 9.30. The summed E-state index contributed by atoms with van der Waals surface area (Å²) in [6, 6.07) is 10.6. The normalized spacial score (nSPS) is 19.4. The van der Waals surface area contributed by atoms with Crippen LogP contribution in [0.2, 0.25) is 0 Å². The molecule has 0 radical (unpaired) electrons. The molecule has 1 unspecified atom stereocenters. The van der Waals surface area contributed by atoms with Crippen molar-refractivity contribution in [2.45, 2.75) is 58.3 Å². The molecule has 25 heavy (non-hydrogen) atoms. The van der Waals surface area contributed by atoms with Gasteiger partial charge in [-0.15, -0.1) is 0 Å². The van der Waals surface area contributed by atoms with E-state index in [1.807, 2.05) is 0 Å². The predicted molar refractivity (Wildman–Crippen MR) is 102 cm³/mol. The summed E-state index contributed by atoms with van der Waals surface area (Å²) in [7, 11) is 0. The Morgan fingerprint density at radius 3 is 2.88 bits per heavy atom. The van der Waals surface area contributed by atoms with Crippen molar-refractivity contribution in [2.75, 3.05) is 0 Å². The minimum Gasteiger partial charge on any atom is -0.359 e. The molecule has 132 valence electrons. The van der Waals surface area contributed by atoms with Gasteiger partial charge in [0, 0.05) is 19.2 Å². The molecular formula is C22H28N2O. The SMILES string of the molecule is CCCCCn1ccc(C2(OCc3cccc(C)c3)C=CC=CC2)n1. The lowest BCUT2D eigenvalue weighted by molar-refractivity contribution is -0.0268. The smallest absolute Gasteiger partial charge is 0.134 e. The van der Waals surface area contributed by atoms with E-state index in [-0.39, 0.29) is 0 Å². The van der Waals surface area contributed by atoms with Gasteiger partial charge in [-0.05, 0) is 31.1 Å². The van der Waals surface area contributed by atoms with Crippen molar-refractivity contribution < 1.29 is 4.74 Å². The maximum atomic E-state index is 6.42. The van der Waals surface area contributed by atoms with E-state index in [9.17, 15) is 0 Å². The van der Waals surface area contributed by atoms with Gasteiger partial charge in [-0.2, -0.15) is 5.10 Å². The first kappa shape index (κ1) is 17.7. The van der Waals surface area contributed by atoms with Gasteiger partial charge in [-0.25, -0.2) is 0 Å². The molecule has 0 aliphatic heterocycles. The summed E-state index contributed by atoms with van der Waals surface area (Å²) in [5.74, 6) is 0. The van der Waals surface area contributed by atoms with Crippen LogP contribution in [0.5, 0.6) is 0 Å². The maximum Gasteiger partial charge on any atom is 0.134 e. The number of nitrogens with zero attached hydrogens (tertiary/aromatic N) is 2. The first-order valence-electron chi connectivity index (χ1n) is 9.30. The van der Waals surface area contributed by atoms with Gasteiger partial charge in [0.15, 0.2) is 0 Å². The molecule has 0 saturated carbocycles. The highest BCUT2D eigenvalue weighted by Gasteiger charge is 2.33. The van der Waals surface area contributed by atoms with Crippen molar-refractivity contribution in [1.29, 1.82) is 0 Å². The molecule has 3 heteroatoms. The number of hydrogen-bond donors (Lipinski definition) is 0. The summed E-state index contributed by atoms with van der Waals surface area (Å²) in [6.45, 7) is 5.90. The molecule has 0 fully saturated rings. The molecule has 0 bridgehead atoms. The Bertz CT molecular complexity index is 744. The van der Waals surface area contributed by atoms with Crippen molar-refractivity contribution in [3.05, 3.63) is 77.7 Å². The second-order valence-corrected chi connectivity index (χ2v) is 6.83. The summed E-state index contributed by atoms with van der Waals surface area (Å²) >= 11 is 0. The molecule has 1 atom stereocenters. The molecule has 1 heterocycles. The molecule has 1 aliphatic carbocycles. The van der Waals surface area contributed by atoms with Gasteiger partial charge in [0.05, 0.1) is 12.3 Å². The van der Waals surface area contributed by atoms with Gasteiger partial charge in [-0.1, -0.05) is 67.8 Å². The van der Waals surface area contributed by atoms with Crippen LogP contribution in [0.25, 0.3) is 0 Å². The van der Waals surface area contributed by atoms with Crippen molar-refractivity contribution in [3.63, 3.8) is 0 Å². The van der Waals surface area contributed by atoms with Crippen molar-refractivity contribution in [1.82, 2.24) is 9.78 Å². The first-order chi connectivity index (χ1) is 12.2. The third-order valence-electron chi connectivity index (χ3n) is 4.68. The molecule has 0 amide bonds. The number of unbranched alkanes of at least 4 members (excludes halogenated alkanes) is 2. The predicted octanol–water partition coefficient (Wildman–Crippen LogP) is 5.31. The molecule has 3 rings (SSSR count). The minimum absolute atomic E-state index is 0.464. The molecule has 1 aliphatic rings. The van der Waals surface area contributed by atoms with Crippen LogP contribution in [0.15, 0.2) is 60.8 Å². The van der Waals surface area contributed by atoms with E-state index in [2.05, 4.69) is 79.4 Å². The van der Waals surface area contributed by atoms with Gasteiger partial charge in [0.1, 0.15) is 5.60 Å². The lowest BCUT2D eigenvalue weighted by Gasteiger charge is -2.30. The van der Waals surface area contributed by atoms with E-state index in [1.165, 1.54) is 30.4 Å². The highest BCUT2D eigenvalue weighted by molar-refractivity contribution is 5.28. The monoisotopic (exact) mass is 336 g/mol. The van der Waals surface area contributed by atoms with Crippen LogP contribution in [0.4, 0.5) is 0 Å². The zero-order valence-electron chi connectivity index (χ0n) is 15.3. The Morgan fingerprint density at radius 1 is 1.20 bits per heavy atom. The molecule has 0 spiro atoms. The van der Waals surface area contributed by atoms with Crippen molar-refractivity contribution in [2.24, 2.45) is 0 Å². The van der Waals surface area contributed by atoms with Crippen LogP contribution in [-0.2, 0) is 23.5 Å². The lowest BCUT2D eigenvalue weighted by Crippen LogP contribution is -2.29. The fourth-order valence-electron chi connectivity index (χ4n) is 3.22. The van der Waals surface area contributed by atoms with E-state index >= 15 is 0 Å².